The van der Waals surface area contributed by atoms with Crippen LogP contribution in [0.3, 0.4) is 0 Å². The molecule has 2 aliphatic rings. The number of nitrogens with one attached hydrogen (secondary N) is 2. The minimum Gasteiger partial charge on any atom is -0.353 e. The van der Waals surface area contributed by atoms with E-state index in [1.165, 1.54) is 16.0 Å². The zero-order chi connectivity index (χ0) is 23.9. The Hall–Kier alpha value is -2.45. The molecule has 1 unspecified atom stereocenters. The van der Waals surface area contributed by atoms with Gasteiger partial charge in [0, 0.05) is 54.8 Å². The highest BCUT2D eigenvalue weighted by Crippen LogP contribution is 2.37. The van der Waals surface area contributed by atoms with Gasteiger partial charge in [0.25, 0.3) is 5.91 Å². The van der Waals surface area contributed by atoms with Crippen LogP contribution in [-0.2, 0) is 9.67 Å². The highest BCUT2D eigenvalue weighted by Gasteiger charge is 2.43. The average molecular weight is 505 g/mol. The van der Waals surface area contributed by atoms with Crippen LogP contribution in [0.15, 0.2) is 77.9 Å². The number of piperidine rings is 1. The molecule has 0 bridgehead atoms. The molecular weight excluding hydrogens is 472 g/mol. The highest BCUT2D eigenvalue weighted by molar-refractivity contribution is 8.01. The van der Waals surface area contributed by atoms with Crippen molar-refractivity contribution in [3.8, 4) is 0 Å². The van der Waals surface area contributed by atoms with Gasteiger partial charge in [-0.05, 0) is 54.5 Å². The first-order valence-corrected chi connectivity index (χ1v) is 14.2. The number of hydrogen-bond donors (Lipinski definition) is 2. The van der Waals surface area contributed by atoms with Crippen LogP contribution < -0.4 is 10.6 Å². The quantitative estimate of drug-likeness (QED) is 0.434. The van der Waals surface area contributed by atoms with Crippen molar-refractivity contribution >= 4 is 34.6 Å². The second-order valence-corrected chi connectivity index (χ2v) is 11.2. The molecule has 2 aliphatic heterocycles. The summed E-state index contributed by atoms with van der Waals surface area (Å²) in [6.45, 7) is 4.66. The maximum absolute atomic E-state index is 13.1. The summed E-state index contributed by atoms with van der Waals surface area (Å²) < 4.78 is 0. The van der Waals surface area contributed by atoms with E-state index in [1.54, 1.807) is 29.7 Å². The largest absolute Gasteiger partial charge is 0.353 e. The lowest BCUT2D eigenvalue weighted by Crippen LogP contribution is -2.49. The van der Waals surface area contributed by atoms with Gasteiger partial charge in [-0.25, -0.2) is 0 Å². The molecule has 1 aromatic carbocycles. The van der Waals surface area contributed by atoms with E-state index in [1.807, 2.05) is 23.5 Å². The van der Waals surface area contributed by atoms with E-state index in [-0.39, 0.29) is 5.91 Å². The number of pyridine rings is 1. The predicted molar refractivity (Wildman–Crippen MR) is 146 cm³/mol. The second kappa shape index (κ2) is 11.5. The van der Waals surface area contributed by atoms with Gasteiger partial charge >= 0.3 is 0 Å². The number of aromatic nitrogens is 1. The van der Waals surface area contributed by atoms with Crippen LogP contribution in [0.1, 0.15) is 35.3 Å². The molecule has 5 rings (SSSR count). The van der Waals surface area contributed by atoms with Gasteiger partial charge < -0.3 is 10.2 Å². The van der Waals surface area contributed by atoms with Crippen molar-refractivity contribution in [1.82, 2.24) is 20.5 Å². The number of thioether (sulfide) groups is 1. The Balaban J connectivity index is 1.14. The molecule has 3 aromatic rings. The molecule has 7 heteroatoms. The summed E-state index contributed by atoms with van der Waals surface area (Å²) >= 11 is 3.48. The summed E-state index contributed by atoms with van der Waals surface area (Å²) in [5.41, 5.74) is 5.23. The van der Waals surface area contributed by atoms with Crippen molar-refractivity contribution in [2.24, 2.45) is 0 Å². The Bertz CT molecular complexity index is 1120. The fraction of sp³-hybridized carbons (Fsp3) is 0.357. The topological polar surface area (TPSA) is 57.3 Å². The van der Waals surface area contributed by atoms with Crippen LogP contribution in [-0.4, -0.2) is 54.3 Å². The van der Waals surface area contributed by atoms with E-state index in [0.717, 1.165) is 56.8 Å². The minimum atomic E-state index is -0.714. The summed E-state index contributed by atoms with van der Waals surface area (Å²) in [7, 11) is 0. The molecule has 1 atom stereocenters. The molecule has 2 saturated heterocycles. The molecule has 0 saturated carbocycles. The van der Waals surface area contributed by atoms with Gasteiger partial charge in [0.2, 0.25) is 0 Å². The van der Waals surface area contributed by atoms with Crippen molar-refractivity contribution in [3.05, 3.63) is 93.9 Å². The predicted octanol–water partition coefficient (Wildman–Crippen LogP) is 4.74. The SMILES string of the molecule is O=C(NCCCN1CCC(=C(c2ccccc2)c2cccs2)CC1)C1(c2cccnc2)NCCS1. The summed E-state index contributed by atoms with van der Waals surface area (Å²) in [6.07, 6.45) is 6.69. The van der Waals surface area contributed by atoms with Crippen molar-refractivity contribution in [1.29, 1.82) is 0 Å². The molecule has 35 heavy (non-hydrogen) atoms. The van der Waals surface area contributed by atoms with E-state index in [9.17, 15) is 4.79 Å². The van der Waals surface area contributed by atoms with Crippen molar-refractivity contribution < 1.29 is 4.79 Å². The lowest BCUT2D eigenvalue weighted by Gasteiger charge is -2.30. The van der Waals surface area contributed by atoms with Crippen LogP contribution in [0.4, 0.5) is 0 Å². The number of benzene rings is 1. The number of rotatable bonds is 8. The lowest BCUT2D eigenvalue weighted by atomic mass is 9.92. The molecule has 5 nitrogen and oxygen atoms in total. The Morgan fingerprint density at radius 2 is 1.94 bits per heavy atom. The Morgan fingerprint density at radius 3 is 2.63 bits per heavy atom. The molecule has 2 N–H and O–H groups in total. The molecule has 0 spiro atoms. The summed E-state index contributed by atoms with van der Waals surface area (Å²) in [5.74, 6) is 0.961. The van der Waals surface area contributed by atoms with E-state index < -0.39 is 4.87 Å². The molecule has 2 aromatic heterocycles. The average Bonchev–Trinajstić information content (AvgIpc) is 3.62. The lowest BCUT2D eigenvalue weighted by molar-refractivity contribution is -0.124. The number of likely N-dealkylation sites (tertiary alicyclic amines) is 1. The van der Waals surface area contributed by atoms with E-state index in [4.69, 9.17) is 0 Å². The van der Waals surface area contributed by atoms with Crippen molar-refractivity contribution in [2.75, 3.05) is 38.5 Å². The highest BCUT2D eigenvalue weighted by atomic mass is 32.2. The first kappa shape index (κ1) is 24.3. The number of hydrogen-bond acceptors (Lipinski definition) is 6. The van der Waals surface area contributed by atoms with E-state index >= 15 is 0 Å². The maximum atomic E-state index is 13.1. The molecular formula is C28H32N4OS2. The van der Waals surface area contributed by atoms with Crippen LogP contribution >= 0.6 is 23.1 Å². The smallest absolute Gasteiger partial charge is 0.255 e. The number of thiophene rings is 1. The zero-order valence-corrected chi connectivity index (χ0v) is 21.5. The number of nitrogens with zero attached hydrogens (tertiary/aromatic N) is 2. The Morgan fingerprint density at radius 1 is 1.09 bits per heavy atom. The number of carbonyl (C=O) groups is 1. The number of carbonyl (C=O) groups excluding carboxylic acids is 1. The first-order chi connectivity index (χ1) is 17.3. The van der Waals surface area contributed by atoms with E-state index in [0.29, 0.717) is 6.54 Å². The molecule has 2 fully saturated rings. The summed E-state index contributed by atoms with van der Waals surface area (Å²) in [4.78, 5) is 20.6. The van der Waals surface area contributed by atoms with Crippen molar-refractivity contribution in [3.63, 3.8) is 0 Å². The maximum Gasteiger partial charge on any atom is 0.255 e. The Kier molecular flexibility index (Phi) is 7.99. The number of amides is 1. The normalized spacial score (nSPS) is 20.6. The van der Waals surface area contributed by atoms with Crippen LogP contribution in [0, 0.1) is 0 Å². The third-order valence-electron chi connectivity index (χ3n) is 6.76. The van der Waals surface area contributed by atoms with Gasteiger partial charge in [0.15, 0.2) is 4.87 Å². The summed E-state index contributed by atoms with van der Waals surface area (Å²) in [6, 6.07) is 19.1. The van der Waals surface area contributed by atoms with E-state index in [2.05, 4.69) is 68.4 Å². The molecule has 182 valence electrons. The fourth-order valence-electron chi connectivity index (χ4n) is 4.99. The van der Waals surface area contributed by atoms with Gasteiger partial charge in [0.05, 0.1) is 0 Å². The molecule has 0 radical (unpaired) electrons. The first-order valence-electron chi connectivity index (χ1n) is 12.4. The third-order valence-corrected chi connectivity index (χ3v) is 9.06. The monoisotopic (exact) mass is 504 g/mol. The molecule has 1 amide bonds. The van der Waals surface area contributed by atoms with Crippen LogP contribution in [0.2, 0.25) is 0 Å². The van der Waals surface area contributed by atoms with Crippen LogP contribution in [0.25, 0.3) is 5.57 Å². The molecule has 4 heterocycles. The second-order valence-electron chi connectivity index (χ2n) is 8.97. The molecule has 0 aliphatic carbocycles. The fourth-order valence-corrected chi connectivity index (χ4v) is 7.03. The van der Waals surface area contributed by atoms with Gasteiger partial charge in [-0.1, -0.05) is 48.0 Å². The standard InChI is InChI=1S/C28H32N4OS2/c33-27(28(31-15-20-35-28)24-9-4-13-29-21-24)30-14-6-16-32-17-11-23(12-18-32)26(25-10-5-19-34-25)22-7-2-1-3-8-22/h1-5,7-10,13,19,21,31H,6,11-12,14-18,20H2,(H,30,33). The minimum absolute atomic E-state index is 0.0420. The zero-order valence-electron chi connectivity index (χ0n) is 19.9. The van der Waals surface area contributed by atoms with Gasteiger partial charge in [-0.3, -0.25) is 15.1 Å². The van der Waals surface area contributed by atoms with Gasteiger partial charge in [-0.15, -0.1) is 23.1 Å². The van der Waals surface area contributed by atoms with Crippen molar-refractivity contribution in [2.45, 2.75) is 24.1 Å². The Labute approximate surface area is 216 Å². The summed E-state index contributed by atoms with van der Waals surface area (Å²) in [5, 5.41) is 8.77. The third kappa shape index (κ3) is 5.54. The van der Waals surface area contributed by atoms with Gasteiger partial charge in [0.1, 0.15) is 0 Å². The van der Waals surface area contributed by atoms with Crippen LogP contribution in [0.5, 0.6) is 0 Å². The van der Waals surface area contributed by atoms with Gasteiger partial charge in [-0.2, -0.15) is 0 Å².